The van der Waals surface area contributed by atoms with Crippen LogP contribution in [-0.4, -0.2) is 20.5 Å². The lowest BCUT2D eigenvalue weighted by atomic mass is 10.2. The zero-order valence-electron chi connectivity index (χ0n) is 9.52. The van der Waals surface area contributed by atoms with E-state index >= 15 is 0 Å². The van der Waals surface area contributed by atoms with Crippen molar-refractivity contribution in [2.45, 2.75) is 27.3 Å². The Morgan fingerprint density at radius 3 is 3.00 bits per heavy atom. The van der Waals surface area contributed by atoms with Crippen LogP contribution in [0.2, 0.25) is 0 Å². The van der Waals surface area contributed by atoms with E-state index in [2.05, 4.69) is 15.4 Å². The van der Waals surface area contributed by atoms with Gasteiger partial charge in [0.05, 0.1) is 18.4 Å². The molecule has 0 bridgehead atoms. The molecule has 2 aromatic rings. The van der Waals surface area contributed by atoms with Gasteiger partial charge in [0, 0.05) is 5.92 Å². The van der Waals surface area contributed by atoms with Crippen LogP contribution in [0, 0.1) is 12.8 Å². The lowest BCUT2D eigenvalue weighted by Gasteiger charge is -2.04. The van der Waals surface area contributed by atoms with Crippen LogP contribution in [0.15, 0.2) is 6.20 Å². The van der Waals surface area contributed by atoms with E-state index in [1.54, 1.807) is 4.52 Å². The first-order valence-electron chi connectivity index (χ1n) is 5.15. The van der Waals surface area contributed by atoms with Crippen LogP contribution in [-0.2, 0) is 11.3 Å². The van der Waals surface area contributed by atoms with Crippen molar-refractivity contribution >= 4 is 22.2 Å². The molecule has 86 valence electrons. The van der Waals surface area contributed by atoms with Crippen LogP contribution in [0.1, 0.15) is 24.5 Å². The maximum absolute atomic E-state index is 11.4. The van der Waals surface area contributed by atoms with Crippen molar-refractivity contribution < 1.29 is 4.79 Å². The minimum atomic E-state index is 0.00582. The molecule has 2 heterocycles. The highest BCUT2D eigenvalue weighted by atomic mass is 32.1. The van der Waals surface area contributed by atoms with Gasteiger partial charge in [0.25, 0.3) is 0 Å². The van der Waals surface area contributed by atoms with Gasteiger partial charge in [0.15, 0.2) is 0 Å². The summed E-state index contributed by atoms with van der Waals surface area (Å²) in [5.41, 5.74) is 0.955. The summed E-state index contributed by atoms with van der Waals surface area (Å²) in [7, 11) is 0. The largest absolute Gasteiger partial charge is 0.349 e. The van der Waals surface area contributed by atoms with Crippen LogP contribution in [0.5, 0.6) is 0 Å². The third-order valence-electron chi connectivity index (χ3n) is 2.14. The monoisotopic (exact) mass is 238 g/mol. The molecule has 16 heavy (non-hydrogen) atoms. The molecule has 0 atom stereocenters. The van der Waals surface area contributed by atoms with Crippen LogP contribution >= 0.6 is 11.3 Å². The molecule has 0 unspecified atom stereocenters. The molecule has 0 spiro atoms. The first-order chi connectivity index (χ1) is 7.56. The average molecular weight is 238 g/mol. The number of carbonyl (C=O) groups excluding carboxylic acids is 1. The molecule has 1 N–H and O–H groups in total. The van der Waals surface area contributed by atoms with Gasteiger partial charge >= 0.3 is 0 Å². The summed E-state index contributed by atoms with van der Waals surface area (Å²) in [6.45, 7) is 6.15. The summed E-state index contributed by atoms with van der Waals surface area (Å²) < 4.78 is 1.75. The lowest BCUT2D eigenvalue weighted by molar-refractivity contribution is -0.124. The average Bonchev–Trinajstić information content (AvgIpc) is 2.70. The van der Waals surface area contributed by atoms with Crippen LogP contribution in [0.25, 0.3) is 4.96 Å². The number of carbonyl (C=O) groups is 1. The molecule has 0 radical (unpaired) electrons. The number of aromatic nitrogens is 3. The van der Waals surface area contributed by atoms with Gasteiger partial charge in [-0.2, -0.15) is 5.10 Å². The maximum Gasteiger partial charge on any atom is 0.222 e. The zero-order chi connectivity index (χ0) is 11.7. The van der Waals surface area contributed by atoms with Crippen LogP contribution < -0.4 is 5.32 Å². The summed E-state index contributed by atoms with van der Waals surface area (Å²) in [5, 5.41) is 8.03. The molecular weight excluding hydrogens is 224 g/mol. The van der Waals surface area contributed by atoms with Crippen LogP contribution in [0.3, 0.4) is 0 Å². The van der Waals surface area contributed by atoms with E-state index in [1.165, 1.54) is 11.3 Å². The predicted octanol–water partition coefficient (Wildman–Crippen LogP) is 1.37. The second-order valence-electron chi connectivity index (χ2n) is 3.98. The summed E-state index contributed by atoms with van der Waals surface area (Å²) in [6, 6.07) is 0. The highest BCUT2D eigenvalue weighted by Gasteiger charge is 2.09. The third-order valence-corrected chi connectivity index (χ3v) is 3.07. The maximum atomic E-state index is 11.4. The Labute approximate surface area is 97.5 Å². The number of hydrogen-bond acceptors (Lipinski definition) is 4. The summed E-state index contributed by atoms with van der Waals surface area (Å²) in [5.74, 6) is 0.0512. The van der Waals surface area contributed by atoms with E-state index < -0.39 is 0 Å². The normalized spacial score (nSPS) is 11.2. The molecule has 1 amide bonds. The molecular formula is C10H14N4OS. The highest BCUT2D eigenvalue weighted by molar-refractivity contribution is 7.16. The minimum Gasteiger partial charge on any atom is -0.349 e. The van der Waals surface area contributed by atoms with Crippen molar-refractivity contribution in [2.24, 2.45) is 5.92 Å². The van der Waals surface area contributed by atoms with E-state index in [4.69, 9.17) is 0 Å². The van der Waals surface area contributed by atoms with E-state index in [0.717, 1.165) is 15.7 Å². The molecule has 0 aliphatic heterocycles. The molecule has 0 saturated carbocycles. The number of rotatable bonds is 3. The second kappa shape index (κ2) is 4.21. The molecule has 2 rings (SSSR count). The van der Waals surface area contributed by atoms with E-state index in [0.29, 0.717) is 6.54 Å². The molecule has 6 heteroatoms. The predicted molar refractivity (Wildman–Crippen MR) is 62.3 cm³/mol. The quantitative estimate of drug-likeness (QED) is 0.878. The van der Waals surface area contributed by atoms with Crippen molar-refractivity contribution in [1.29, 1.82) is 0 Å². The molecule has 0 aliphatic carbocycles. The van der Waals surface area contributed by atoms with Gasteiger partial charge in [-0.1, -0.05) is 25.2 Å². The Morgan fingerprint density at radius 1 is 1.62 bits per heavy atom. The van der Waals surface area contributed by atoms with Gasteiger partial charge in [-0.05, 0) is 6.92 Å². The first kappa shape index (κ1) is 11.1. The fourth-order valence-electron chi connectivity index (χ4n) is 1.29. The van der Waals surface area contributed by atoms with Crippen molar-refractivity contribution in [3.8, 4) is 0 Å². The third kappa shape index (κ3) is 2.21. The molecule has 0 aliphatic rings. The lowest BCUT2D eigenvalue weighted by Crippen LogP contribution is -2.27. The Hall–Kier alpha value is -1.43. The van der Waals surface area contributed by atoms with Crippen molar-refractivity contribution in [2.75, 3.05) is 0 Å². The van der Waals surface area contributed by atoms with Gasteiger partial charge in [0.1, 0.15) is 5.01 Å². The number of nitrogens with one attached hydrogen (secondary N) is 1. The fourth-order valence-corrected chi connectivity index (χ4v) is 2.15. The Balaban J connectivity index is 2.04. The topological polar surface area (TPSA) is 59.3 Å². The SMILES string of the molecule is Cc1cn2nc(CNC(=O)C(C)C)sc2n1. The molecule has 0 fully saturated rings. The summed E-state index contributed by atoms with van der Waals surface area (Å²) in [4.78, 5) is 16.5. The van der Waals surface area contributed by atoms with Crippen LogP contribution in [0.4, 0.5) is 0 Å². The van der Waals surface area contributed by atoms with Gasteiger partial charge in [0.2, 0.25) is 10.9 Å². The fraction of sp³-hybridized carbons (Fsp3) is 0.500. The number of nitrogens with zero attached hydrogens (tertiary/aromatic N) is 3. The summed E-state index contributed by atoms with van der Waals surface area (Å²) in [6.07, 6.45) is 1.87. The van der Waals surface area contributed by atoms with Gasteiger partial charge in [-0.25, -0.2) is 9.50 Å². The number of amides is 1. The molecule has 2 aromatic heterocycles. The van der Waals surface area contributed by atoms with Crippen molar-refractivity contribution in [3.05, 3.63) is 16.9 Å². The first-order valence-corrected chi connectivity index (χ1v) is 5.97. The molecule has 0 saturated heterocycles. The number of imidazole rings is 1. The molecule has 0 aromatic carbocycles. The summed E-state index contributed by atoms with van der Waals surface area (Å²) >= 11 is 1.50. The van der Waals surface area contributed by atoms with Crippen molar-refractivity contribution in [3.63, 3.8) is 0 Å². The van der Waals surface area contributed by atoms with E-state index in [1.807, 2.05) is 27.0 Å². The number of fused-ring (bicyclic) bond motifs is 1. The molecule has 5 nitrogen and oxygen atoms in total. The Morgan fingerprint density at radius 2 is 2.38 bits per heavy atom. The zero-order valence-corrected chi connectivity index (χ0v) is 10.3. The van der Waals surface area contributed by atoms with Gasteiger partial charge < -0.3 is 5.32 Å². The second-order valence-corrected chi connectivity index (χ2v) is 5.02. The van der Waals surface area contributed by atoms with Gasteiger partial charge in [-0.3, -0.25) is 4.79 Å². The Bertz CT molecular complexity index is 482. The number of aryl methyl sites for hydroxylation is 1. The number of hydrogen-bond donors (Lipinski definition) is 1. The highest BCUT2D eigenvalue weighted by Crippen LogP contribution is 2.14. The Kier molecular flexibility index (Phi) is 2.91. The van der Waals surface area contributed by atoms with E-state index in [-0.39, 0.29) is 11.8 Å². The van der Waals surface area contributed by atoms with Crippen molar-refractivity contribution in [1.82, 2.24) is 19.9 Å². The van der Waals surface area contributed by atoms with E-state index in [9.17, 15) is 4.79 Å². The smallest absolute Gasteiger partial charge is 0.222 e. The minimum absolute atomic E-state index is 0.00582. The standard InChI is InChI=1S/C10H14N4OS/c1-6(2)9(15)11-4-8-13-14-5-7(3)12-10(14)16-8/h5-6H,4H2,1-3H3,(H,11,15). The van der Waals surface area contributed by atoms with Gasteiger partial charge in [-0.15, -0.1) is 0 Å².